The van der Waals surface area contributed by atoms with Gasteiger partial charge in [0.15, 0.2) is 0 Å². The standard InChI is InChI=1S/C9H11FN2O2/c10-5-2-1-3-6(11)9(5)7(12)4-8(13)14/h1-3,7H,4,11-12H2,(H,13,14)/t7-/m0/s1. The van der Waals surface area contributed by atoms with Crippen molar-refractivity contribution < 1.29 is 14.3 Å². The zero-order valence-corrected chi connectivity index (χ0v) is 7.40. The van der Waals surface area contributed by atoms with Crippen LogP contribution in [0.1, 0.15) is 18.0 Å². The summed E-state index contributed by atoms with van der Waals surface area (Å²) >= 11 is 0. The summed E-state index contributed by atoms with van der Waals surface area (Å²) < 4.78 is 13.2. The molecule has 0 aliphatic rings. The minimum atomic E-state index is -1.08. The number of carboxylic acids is 1. The molecule has 1 aromatic carbocycles. The Morgan fingerprint density at radius 1 is 1.57 bits per heavy atom. The van der Waals surface area contributed by atoms with Gasteiger partial charge >= 0.3 is 5.97 Å². The SMILES string of the molecule is Nc1cccc(F)c1[C@@H](N)CC(=O)O. The minimum absolute atomic E-state index is 0.0647. The van der Waals surface area contributed by atoms with E-state index in [1.165, 1.54) is 18.2 Å². The van der Waals surface area contributed by atoms with E-state index in [9.17, 15) is 9.18 Å². The van der Waals surface area contributed by atoms with Crippen LogP contribution in [0, 0.1) is 5.82 Å². The molecular formula is C9H11FN2O2. The van der Waals surface area contributed by atoms with Gasteiger partial charge in [-0.1, -0.05) is 6.07 Å². The molecule has 14 heavy (non-hydrogen) atoms. The normalized spacial score (nSPS) is 12.4. The summed E-state index contributed by atoms with van der Waals surface area (Å²) in [5, 5.41) is 8.48. The molecule has 0 saturated heterocycles. The van der Waals surface area contributed by atoms with Crippen molar-refractivity contribution in [3.05, 3.63) is 29.6 Å². The largest absolute Gasteiger partial charge is 0.481 e. The second-order valence-corrected chi connectivity index (χ2v) is 2.95. The van der Waals surface area contributed by atoms with E-state index in [0.717, 1.165) is 0 Å². The van der Waals surface area contributed by atoms with Crippen LogP contribution >= 0.6 is 0 Å². The molecule has 5 heteroatoms. The van der Waals surface area contributed by atoms with Crippen LogP contribution in [0.4, 0.5) is 10.1 Å². The smallest absolute Gasteiger partial charge is 0.305 e. The molecule has 0 amide bonds. The summed E-state index contributed by atoms with van der Waals surface area (Å²) in [6, 6.07) is 3.23. The molecule has 0 aromatic heterocycles. The summed E-state index contributed by atoms with van der Waals surface area (Å²) in [6.07, 6.45) is -0.342. The van der Waals surface area contributed by atoms with Crippen molar-refractivity contribution in [1.82, 2.24) is 0 Å². The highest BCUT2D eigenvalue weighted by molar-refractivity contribution is 5.68. The van der Waals surface area contributed by atoms with E-state index in [-0.39, 0.29) is 17.7 Å². The Morgan fingerprint density at radius 2 is 2.21 bits per heavy atom. The van der Waals surface area contributed by atoms with Crippen molar-refractivity contribution in [2.75, 3.05) is 5.73 Å². The lowest BCUT2D eigenvalue weighted by Crippen LogP contribution is -2.18. The lowest BCUT2D eigenvalue weighted by atomic mass is 10.0. The van der Waals surface area contributed by atoms with Gasteiger partial charge in [-0.05, 0) is 12.1 Å². The van der Waals surface area contributed by atoms with Crippen molar-refractivity contribution >= 4 is 11.7 Å². The molecule has 0 bridgehead atoms. The highest BCUT2D eigenvalue weighted by atomic mass is 19.1. The van der Waals surface area contributed by atoms with Crippen LogP contribution < -0.4 is 11.5 Å². The lowest BCUT2D eigenvalue weighted by molar-refractivity contribution is -0.137. The monoisotopic (exact) mass is 198 g/mol. The first-order chi connectivity index (χ1) is 6.52. The molecule has 0 radical (unpaired) electrons. The fourth-order valence-electron chi connectivity index (χ4n) is 1.24. The number of nitrogens with two attached hydrogens (primary N) is 2. The van der Waals surface area contributed by atoms with Gasteiger partial charge < -0.3 is 16.6 Å². The van der Waals surface area contributed by atoms with E-state index in [1.807, 2.05) is 0 Å². The second kappa shape index (κ2) is 4.06. The zero-order valence-electron chi connectivity index (χ0n) is 7.40. The number of carboxylic acid groups (broad SMARTS) is 1. The van der Waals surface area contributed by atoms with Crippen LogP contribution in [0.3, 0.4) is 0 Å². The van der Waals surface area contributed by atoms with Gasteiger partial charge in [0.2, 0.25) is 0 Å². The van der Waals surface area contributed by atoms with Crippen LogP contribution in [0.5, 0.6) is 0 Å². The summed E-state index contributed by atoms with van der Waals surface area (Å²) in [5.41, 5.74) is 11.2. The van der Waals surface area contributed by atoms with E-state index in [4.69, 9.17) is 16.6 Å². The highest BCUT2D eigenvalue weighted by Crippen LogP contribution is 2.23. The number of aliphatic carboxylic acids is 1. The van der Waals surface area contributed by atoms with Crippen LogP contribution in [-0.2, 0) is 4.79 Å². The lowest BCUT2D eigenvalue weighted by Gasteiger charge is -2.12. The number of nitrogen functional groups attached to an aromatic ring is 1. The van der Waals surface area contributed by atoms with E-state index in [2.05, 4.69) is 0 Å². The number of rotatable bonds is 3. The molecule has 1 aromatic rings. The first-order valence-electron chi connectivity index (χ1n) is 4.03. The van der Waals surface area contributed by atoms with Gasteiger partial charge in [-0.2, -0.15) is 0 Å². The Kier molecular flexibility index (Phi) is 3.03. The number of carbonyl (C=O) groups is 1. The second-order valence-electron chi connectivity index (χ2n) is 2.95. The summed E-state index contributed by atoms with van der Waals surface area (Å²) in [6.45, 7) is 0. The molecule has 5 N–H and O–H groups in total. The quantitative estimate of drug-likeness (QED) is 0.629. The first kappa shape index (κ1) is 10.5. The number of benzene rings is 1. The van der Waals surface area contributed by atoms with Gasteiger partial charge in [0.1, 0.15) is 5.82 Å². The molecule has 1 rings (SSSR count). The van der Waals surface area contributed by atoms with E-state index in [0.29, 0.717) is 0 Å². The third-order valence-corrected chi connectivity index (χ3v) is 1.85. The van der Waals surface area contributed by atoms with Crippen molar-refractivity contribution in [2.45, 2.75) is 12.5 Å². The predicted molar refractivity (Wildman–Crippen MR) is 50.0 cm³/mol. The molecule has 4 nitrogen and oxygen atoms in total. The van der Waals surface area contributed by atoms with Crippen molar-refractivity contribution in [1.29, 1.82) is 0 Å². The zero-order chi connectivity index (χ0) is 10.7. The Balaban J connectivity index is 2.99. The Hall–Kier alpha value is -1.62. The highest BCUT2D eigenvalue weighted by Gasteiger charge is 2.17. The van der Waals surface area contributed by atoms with Crippen molar-refractivity contribution in [3.63, 3.8) is 0 Å². The predicted octanol–water partition coefficient (Wildman–Crippen LogP) is 0.882. The fourth-order valence-corrected chi connectivity index (χ4v) is 1.24. The average molecular weight is 198 g/mol. The molecule has 1 atom stereocenters. The third-order valence-electron chi connectivity index (χ3n) is 1.85. The number of anilines is 1. The van der Waals surface area contributed by atoms with E-state index in [1.54, 1.807) is 0 Å². The van der Waals surface area contributed by atoms with Gasteiger partial charge in [0.25, 0.3) is 0 Å². The third kappa shape index (κ3) is 2.20. The summed E-state index contributed by atoms with van der Waals surface area (Å²) in [7, 11) is 0. The Morgan fingerprint density at radius 3 is 2.71 bits per heavy atom. The summed E-state index contributed by atoms with van der Waals surface area (Å²) in [4.78, 5) is 10.4. The minimum Gasteiger partial charge on any atom is -0.481 e. The van der Waals surface area contributed by atoms with E-state index >= 15 is 0 Å². The summed E-state index contributed by atoms with van der Waals surface area (Å²) in [5.74, 6) is -1.65. The van der Waals surface area contributed by atoms with Crippen LogP contribution in [-0.4, -0.2) is 11.1 Å². The molecule has 0 spiro atoms. The van der Waals surface area contributed by atoms with E-state index < -0.39 is 17.8 Å². The van der Waals surface area contributed by atoms with Gasteiger partial charge in [-0.3, -0.25) is 4.79 Å². The maximum atomic E-state index is 13.2. The number of halogens is 1. The Labute approximate surface area is 80.3 Å². The number of hydrogen-bond acceptors (Lipinski definition) is 3. The van der Waals surface area contributed by atoms with Gasteiger partial charge in [-0.25, -0.2) is 4.39 Å². The Bertz CT molecular complexity index is 334. The molecule has 0 fully saturated rings. The number of hydrogen-bond donors (Lipinski definition) is 3. The van der Waals surface area contributed by atoms with Crippen LogP contribution in [0.25, 0.3) is 0 Å². The molecule has 0 aliphatic heterocycles. The molecule has 0 saturated carbocycles. The fraction of sp³-hybridized carbons (Fsp3) is 0.222. The molecule has 0 unspecified atom stereocenters. The van der Waals surface area contributed by atoms with Crippen molar-refractivity contribution in [3.8, 4) is 0 Å². The van der Waals surface area contributed by atoms with Crippen LogP contribution in [0.2, 0.25) is 0 Å². The first-order valence-corrected chi connectivity index (χ1v) is 4.03. The maximum Gasteiger partial charge on any atom is 0.305 e. The molecule has 0 aliphatic carbocycles. The topological polar surface area (TPSA) is 89.3 Å². The molecule has 76 valence electrons. The van der Waals surface area contributed by atoms with Crippen molar-refractivity contribution in [2.24, 2.45) is 5.73 Å². The van der Waals surface area contributed by atoms with Gasteiger partial charge in [0, 0.05) is 17.3 Å². The van der Waals surface area contributed by atoms with Crippen LogP contribution in [0.15, 0.2) is 18.2 Å². The maximum absolute atomic E-state index is 13.2. The molecular weight excluding hydrogens is 187 g/mol. The molecule has 0 heterocycles. The van der Waals surface area contributed by atoms with Gasteiger partial charge in [0.05, 0.1) is 6.42 Å². The average Bonchev–Trinajstić information content (AvgIpc) is 2.01. The van der Waals surface area contributed by atoms with Gasteiger partial charge in [-0.15, -0.1) is 0 Å².